The number of hydrogen-bond donors (Lipinski definition) is 1. The Balaban J connectivity index is 2.00. The highest BCUT2D eigenvalue weighted by Gasteiger charge is 2.71. The summed E-state index contributed by atoms with van der Waals surface area (Å²) in [5.41, 5.74) is -4.69. The van der Waals surface area contributed by atoms with Gasteiger partial charge in [-0.2, -0.15) is 38.1 Å². The molecule has 3 nitrogen and oxygen atoms in total. The minimum absolute atomic E-state index is 0.0640. The first-order chi connectivity index (χ1) is 10.9. The van der Waals surface area contributed by atoms with E-state index < -0.39 is 41.5 Å². The van der Waals surface area contributed by atoms with E-state index in [4.69, 9.17) is 4.74 Å². The van der Waals surface area contributed by atoms with Crippen molar-refractivity contribution in [3.05, 3.63) is 12.7 Å². The van der Waals surface area contributed by atoms with Crippen molar-refractivity contribution in [1.29, 1.82) is 0 Å². The molecule has 2 aliphatic rings. The van der Waals surface area contributed by atoms with Crippen molar-refractivity contribution in [2.45, 2.75) is 47.7 Å². The van der Waals surface area contributed by atoms with E-state index in [-0.39, 0.29) is 24.2 Å². The largest absolute Gasteiger partial charge is 0.462 e. The van der Waals surface area contributed by atoms with Crippen molar-refractivity contribution in [1.82, 2.24) is 0 Å². The van der Waals surface area contributed by atoms with Crippen LogP contribution in [0.3, 0.4) is 0 Å². The van der Waals surface area contributed by atoms with Crippen molar-refractivity contribution in [2.75, 3.05) is 6.61 Å². The van der Waals surface area contributed by atoms with Crippen LogP contribution in [0.15, 0.2) is 12.7 Å². The molecular formula is C14H16F6O3S. The summed E-state index contributed by atoms with van der Waals surface area (Å²) in [6.07, 6.45) is -11.5. The van der Waals surface area contributed by atoms with Crippen molar-refractivity contribution < 1.29 is 41.0 Å². The number of ether oxygens (including phenoxy) is 1. The van der Waals surface area contributed by atoms with E-state index in [1.165, 1.54) is 11.8 Å². The summed E-state index contributed by atoms with van der Waals surface area (Å²) in [5, 5.41) is 8.71. The smallest absolute Gasteiger partial charge is 0.426 e. The van der Waals surface area contributed by atoms with Gasteiger partial charge in [0.1, 0.15) is 0 Å². The van der Waals surface area contributed by atoms with Gasteiger partial charge in [-0.15, -0.1) is 0 Å². The Labute approximate surface area is 138 Å². The van der Waals surface area contributed by atoms with Crippen molar-refractivity contribution in [3.63, 3.8) is 0 Å². The summed E-state index contributed by atoms with van der Waals surface area (Å²) < 4.78 is 81.6. The van der Waals surface area contributed by atoms with Crippen LogP contribution >= 0.6 is 11.8 Å². The average Bonchev–Trinajstić information content (AvgIpc) is 3.01. The minimum Gasteiger partial charge on any atom is -0.462 e. The fraction of sp³-hybridized carbons (Fsp3) is 0.786. The summed E-state index contributed by atoms with van der Waals surface area (Å²) in [6.45, 7) is 3.30. The molecule has 2 aliphatic heterocycles. The maximum Gasteiger partial charge on any atom is 0.426 e. The topological polar surface area (TPSA) is 46.5 Å². The monoisotopic (exact) mass is 378 g/mol. The van der Waals surface area contributed by atoms with E-state index in [1.807, 2.05) is 0 Å². The lowest BCUT2D eigenvalue weighted by atomic mass is 9.76. The number of carbonyl (C=O) groups excluding carboxylic acids is 1. The normalized spacial score (nSPS) is 30.5. The molecule has 138 valence electrons. The van der Waals surface area contributed by atoms with Gasteiger partial charge in [0.15, 0.2) is 0 Å². The summed E-state index contributed by atoms with van der Waals surface area (Å²) in [4.78, 5) is 11.0. The lowest BCUT2D eigenvalue weighted by Gasteiger charge is -2.36. The SMILES string of the molecule is C=CC(=O)OCC1CC2SC1CC2CC(O)(C(F)(F)F)C(F)(F)F. The van der Waals surface area contributed by atoms with E-state index in [0.717, 1.165) is 6.08 Å². The lowest BCUT2D eigenvalue weighted by Crippen LogP contribution is -2.58. The minimum atomic E-state index is -5.78. The van der Waals surface area contributed by atoms with Crippen molar-refractivity contribution in [3.8, 4) is 0 Å². The van der Waals surface area contributed by atoms with E-state index in [0.29, 0.717) is 6.42 Å². The third-order valence-corrected chi connectivity index (χ3v) is 6.43. The second-order valence-corrected chi connectivity index (χ2v) is 7.58. The molecule has 0 aromatic carbocycles. The van der Waals surface area contributed by atoms with Gasteiger partial charge < -0.3 is 9.84 Å². The molecule has 0 aromatic rings. The molecule has 0 saturated carbocycles. The van der Waals surface area contributed by atoms with Crippen LogP contribution in [-0.2, 0) is 9.53 Å². The van der Waals surface area contributed by atoms with Crippen LogP contribution in [-0.4, -0.2) is 46.1 Å². The molecule has 0 amide bonds. The molecule has 10 heteroatoms. The lowest BCUT2D eigenvalue weighted by molar-refractivity contribution is -0.372. The Kier molecular flexibility index (Phi) is 5.21. The third-order valence-electron chi connectivity index (χ3n) is 4.57. The molecule has 24 heavy (non-hydrogen) atoms. The third kappa shape index (κ3) is 3.54. The van der Waals surface area contributed by atoms with Crippen LogP contribution < -0.4 is 0 Å². The zero-order valence-electron chi connectivity index (χ0n) is 12.4. The first kappa shape index (κ1) is 19.4. The van der Waals surface area contributed by atoms with Gasteiger partial charge in [0, 0.05) is 22.5 Å². The number of fused-ring (bicyclic) bond motifs is 2. The van der Waals surface area contributed by atoms with Gasteiger partial charge in [0.25, 0.3) is 5.60 Å². The molecule has 0 aliphatic carbocycles. The second kappa shape index (κ2) is 6.44. The van der Waals surface area contributed by atoms with Crippen LogP contribution in [0.1, 0.15) is 19.3 Å². The number of alkyl halides is 6. The first-order valence-electron chi connectivity index (χ1n) is 7.19. The zero-order chi connectivity index (χ0) is 18.3. The fourth-order valence-corrected chi connectivity index (χ4v) is 5.26. The Morgan fingerprint density at radius 2 is 1.62 bits per heavy atom. The maximum atomic E-state index is 12.8. The number of hydrogen-bond acceptors (Lipinski definition) is 4. The Morgan fingerprint density at radius 1 is 1.12 bits per heavy atom. The van der Waals surface area contributed by atoms with Gasteiger partial charge in [0.05, 0.1) is 6.61 Å². The molecule has 2 heterocycles. The van der Waals surface area contributed by atoms with Crippen molar-refractivity contribution in [2.24, 2.45) is 11.8 Å². The summed E-state index contributed by atoms with van der Waals surface area (Å²) >= 11 is 1.31. The Hall–Kier alpha value is -0.900. The number of halogens is 6. The molecule has 2 rings (SSSR count). The van der Waals surface area contributed by atoms with E-state index in [1.54, 1.807) is 0 Å². The van der Waals surface area contributed by atoms with Crippen LogP contribution in [0.2, 0.25) is 0 Å². The highest BCUT2D eigenvalue weighted by Crippen LogP contribution is 2.57. The standard InChI is InChI=1S/C14H16F6O3S/c1-2-11(21)23-6-8-4-9-7(3-10(8)24-9)5-12(22,13(15,16)17)14(18,19)20/h2,7-10,22H,1,3-6H2. The van der Waals surface area contributed by atoms with Gasteiger partial charge in [-0.05, 0) is 25.2 Å². The van der Waals surface area contributed by atoms with Gasteiger partial charge in [-0.25, -0.2) is 4.79 Å². The van der Waals surface area contributed by atoms with Crippen LogP contribution in [0.4, 0.5) is 26.3 Å². The van der Waals surface area contributed by atoms with E-state index >= 15 is 0 Å². The number of aliphatic hydroxyl groups is 1. The number of carbonyl (C=O) groups is 1. The van der Waals surface area contributed by atoms with Crippen LogP contribution in [0.5, 0.6) is 0 Å². The highest BCUT2D eigenvalue weighted by atomic mass is 32.2. The Morgan fingerprint density at radius 3 is 2.04 bits per heavy atom. The molecule has 0 aromatic heterocycles. The van der Waals surface area contributed by atoms with Gasteiger partial charge in [-0.3, -0.25) is 0 Å². The van der Waals surface area contributed by atoms with E-state index in [9.17, 15) is 36.2 Å². The first-order valence-corrected chi connectivity index (χ1v) is 8.14. The predicted octanol–water partition coefficient (Wildman–Crippen LogP) is 3.47. The molecule has 0 spiro atoms. The highest BCUT2D eigenvalue weighted by molar-refractivity contribution is 8.01. The molecule has 2 bridgehead atoms. The van der Waals surface area contributed by atoms with Crippen LogP contribution in [0.25, 0.3) is 0 Å². The summed E-state index contributed by atoms with van der Waals surface area (Å²) in [5.74, 6) is -1.62. The number of thioether (sulfide) groups is 1. The quantitative estimate of drug-likeness (QED) is 0.452. The summed E-state index contributed by atoms with van der Waals surface area (Å²) in [6, 6.07) is 0. The second-order valence-electron chi connectivity index (χ2n) is 6.10. The zero-order valence-corrected chi connectivity index (χ0v) is 13.2. The summed E-state index contributed by atoms with van der Waals surface area (Å²) in [7, 11) is 0. The Bertz CT molecular complexity index is 490. The fourth-order valence-electron chi connectivity index (χ4n) is 3.25. The number of rotatable bonds is 5. The molecule has 4 atom stereocenters. The van der Waals surface area contributed by atoms with Gasteiger partial charge >= 0.3 is 18.3 Å². The molecule has 1 N–H and O–H groups in total. The van der Waals surface area contributed by atoms with Gasteiger partial charge in [0.2, 0.25) is 0 Å². The van der Waals surface area contributed by atoms with Crippen molar-refractivity contribution >= 4 is 17.7 Å². The van der Waals surface area contributed by atoms with E-state index in [2.05, 4.69) is 6.58 Å². The number of esters is 1. The molecule has 2 saturated heterocycles. The molecule has 0 radical (unpaired) electrons. The predicted molar refractivity (Wildman–Crippen MR) is 74.2 cm³/mol. The molecule has 4 unspecified atom stereocenters. The van der Waals surface area contributed by atoms with Gasteiger partial charge in [-0.1, -0.05) is 6.58 Å². The molecular weight excluding hydrogens is 362 g/mol. The maximum absolute atomic E-state index is 12.8. The molecule has 2 fully saturated rings. The van der Waals surface area contributed by atoms with Crippen LogP contribution in [0, 0.1) is 11.8 Å². The average molecular weight is 378 g/mol.